The van der Waals surface area contributed by atoms with Crippen molar-refractivity contribution in [3.8, 4) is 0 Å². The zero-order chi connectivity index (χ0) is 11.1. The van der Waals surface area contributed by atoms with Gasteiger partial charge >= 0.3 is 0 Å². The number of thioether (sulfide) groups is 1. The van der Waals surface area contributed by atoms with Crippen molar-refractivity contribution in [3.63, 3.8) is 0 Å². The summed E-state index contributed by atoms with van der Waals surface area (Å²) in [6.45, 7) is 6.07. The summed E-state index contributed by atoms with van der Waals surface area (Å²) in [7, 11) is 0. The van der Waals surface area contributed by atoms with E-state index in [0.29, 0.717) is 6.04 Å². The van der Waals surface area contributed by atoms with Crippen LogP contribution in [0.1, 0.15) is 45.4 Å². The van der Waals surface area contributed by atoms with Gasteiger partial charge in [0.25, 0.3) is 0 Å². The van der Waals surface area contributed by atoms with Crippen molar-refractivity contribution in [2.45, 2.75) is 62.8 Å². The summed E-state index contributed by atoms with van der Waals surface area (Å²) in [5.41, 5.74) is 0. The third-order valence-electron chi connectivity index (χ3n) is 3.28. The Labute approximate surface area is 99.1 Å². The van der Waals surface area contributed by atoms with Gasteiger partial charge in [0.05, 0.1) is 0 Å². The Balaban J connectivity index is 2.21. The third kappa shape index (κ3) is 5.07. The zero-order valence-electron chi connectivity index (χ0n) is 10.2. The lowest BCUT2D eigenvalue weighted by molar-refractivity contribution is 0.343. The molecule has 0 saturated heterocycles. The van der Waals surface area contributed by atoms with Gasteiger partial charge in [-0.2, -0.15) is 11.8 Å². The lowest BCUT2D eigenvalue weighted by Crippen LogP contribution is -2.40. The summed E-state index contributed by atoms with van der Waals surface area (Å²) in [6, 6.07) is 1.41. The predicted octanol–water partition coefficient (Wildman–Crippen LogP) is 3.60. The van der Waals surface area contributed by atoms with E-state index in [1.54, 1.807) is 0 Å². The summed E-state index contributed by atoms with van der Waals surface area (Å²) in [5, 5.41) is 4.65. The Hall–Kier alpha value is 0.0500. The van der Waals surface area contributed by atoms with Crippen LogP contribution in [0.25, 0.3) is 0 Å². The monoisotopic (exact) mass is 227 g/mol. The van der Waals surface area contributed by atoms with E-state index in [9.17, 15) is 0 Å². The second-order valence-electron chi connectivity index (χ2n) is 4.65. The maximum atomic E-state index is 3.77. The van der Waals surface area contributed by atoms with Gasteiger partial charge < -0.3 is 5.32 Å². The number of hydrogen-bond acceptors (Lipinski definition) is 2. The van der Waals surface area contributed by atoms with Crippen molar-refractivity contribution in [1.29, 1.82) is 0 Å². The maximum absolute atomic E-state index is 3.77. The first-order chi connectivity index (χ1) is 7.26. The molecule has 15 heavy (non-hydrogen) atoms. The molecule has 0 aromatic carbocycles. The van der Waals surface area contributed by atoms with Crippen molar-refractivity contribution in [1.82, 2.24) is 5.32 Å². The molecule has 0 spiro atoms. The summed E-state index contributed by atoms with van der Waals surface area (Å²) in [5.74, 6) is 0. The average molecular weight is 227 g/mol. The molecule has 88 valence electrons. The van der Waals surface area contributed by atoms with Crippen molar-refractivity contribution < 1.29 is 0 Å². The van der Waals surface area contributed by atoms with Crippen LogP contribution in [-0.2, 0) is 0 Å². The molecular weight excluding hydrogens is 202 g/mol. The molecule has 0 aliphatic heterocycles. The normalized spacial score (nSPS) is 28.7. The fourth-order valence-electron chi connectivity index (χ4n) is 2.36. The summed E-state index contributed by atoms with van der Waals surface area (Å²) in [4.78, 5) is 0. The summed E-state index contributed by atoms with van der Waals surface area (Å²) < 4.78 is 0. The standard InChI is InChI=1S/C13H25NS/c1-4-5-7-11(2)14-12-8-6-9-13(10-12)15-3/h4,11-14H,1,5-10H2,2-3H3. The Morgan fingerprint density at radius 3 is 3.00 bits per heavy atom. The first-order valence-electron chi connectivity index (χ1n) is 6.16. The minimum absolute atomic E-state index is 0.647. The van der Waals surface area contributed by atoms with Gasteiger partial charge in [-0.15, -0.1) is 6.58 Å². The first-order valence-corrected chi connectivity index (χ1v) is 7.44. The molecule has 0 aromatic rings. The highest BCUT2D eigenvalue weighted by Crippen LogP contribution is 2.27. The highest BCUT2D eigenvalue weighted by molar-refractivity contribution is 7.99. The van der Waals surface area contributed by atoms with Crippen LogP contribution >= 0.6 is 11.8 Å². The Bertz CT molecular complexity index is 181. The molecule has 3 unspecified atom stereocenters. The van der Waals surface area contributed by atoms with Crippen LogP contribution in [0.3, 0.4) is 0 Å². The van der Waals surface area contributed by atoms with Crippen molar-refractivity contribution in [2.24, 2.45) is 0 Å². The van der Waals surface area contributed by atoms with Crippen LogP contribution in [-0.4, -0.2) is 23.6 Å². The van der Waals surface area contributed by atoms with Crippen molar-refractivity contribution in [2.75, 3.05) is 6.26 Å². The number of hydrogen-bond donors (Lipinski definition) is 1. The molecule has 0 bridgehead atoms. The minimum atomic E-state index is 0.647. The first kappa shape index (κ1) is 13.1. The van der Waals surface area contributed by atoms with Gasteiger partial charge in [0, 0.05) is 17.3 Å². The van der Waals surface area contributed by atoms with Gasteiger partial charge in [-0.05, 0) is 45.3 Å². The fourth-order valence-corrected chi connectivity index (χ4v) is 3.19. The van der Waals surface area contributed by atoms with E-state index >= 15 is 0 Å². The molecule has 1 nitrogen and oxygen atoms in total. The van der Waals surface area contributed by atoms with Gasteiger partial charge in [-0.3, -0.25) is 0 Å². The van der Waals surface area contributed by atoms with Crippen molar-refractivity contribution >= 4 is 11.8 Å². The fraction of sp³-hybridized carbons (Fsp3) is 0.846. The topological polar surface area (TPSA) is 12.0 Å². The molecule has 3 atom stereocenters. The second-order valence-corrected chi connectivity index (χ2v) is 5.79. The third-order valence-corrected chi connectivity index (χ3v) is 4.38. The molecule has 1 N–H and O–H groups in total. The van der Waals surface area contributed by atoms with Gasteiger partial charge in [-0.25, -0.2) is 0 Å². The van der Waals surface area contributed by atoms with Crippen molar-refractivity contribution in [3.05, 3.63) is 12.7 Å². The quantitative estimate of drug-likeness (QED) is 0.696. The summed E-state index contributed by atoms with van der Waals surface area (Å²) in [6.07, 6.45) is 12.2. The molecule has 0 amide bonds. The van der Waals surface area contributed by atoms with Crippen LogP contribution in [0, 0.1) is 0 Å². The Kier molecular flexibility index (Phi) is 6.42. The molecule has 0 radical (unpaired) electrons. The van der Waals surface area contributed by atoms with E-state index in [1.165, 1.54) is 32.1 Å². The van der Waals surface area contributed by atoms with E-state index in [-0.39, 0.29) is 0 Å². The smallest absolute Gasteiger partial charge is 0.00800 e. The highest BCUT2D eigenvalue weighted by Gasteiger charge is 2.21. The molecule has 1 aliphatic rings. The van der Waals surface area contributed by atoms with Gasteiger partial charge in [0.1, 0.15) is 0 Å². The van der Waals surface area contributed by atoms with E-state index < -0.39 is 0 Å². The minimum Gasteiger partial charge on any atom is -0.311 e. The molecule has 1 rings (SSSR count). The zero-order valence-corrected chi connectivity index (χ0v) is 11.0. The van der Waals surface area contributed by atoms with Crippen LogP contribution in [0.4, 0.5) is 0 Å². The van der Waals surface area contributed by atoms with E-state index in [2.05, 4.69) is 25.1 Å². The lowest BCUT2D eigenvalue weighted by Gasteiger charge is -2.31. The number of nitrogens with one attached hydrogen (secondary N) is 1. The highest BCUT2D eigenvalue weighted by atomic mass is 32.2. The number of rotatable bonds is 6. The van der Waals surface area contributed by atoms with E-state index in [4.69, 9.17) is 0 Å². The Morgan fingerprint density at radius 1 is 1.53 bits per heavy atom. The van der Waals surface area contributed by atoms with Gasteiger partial charge in [-0.1, -0.05) is 12.5 Å². The molecule has 2 heteroatoms. The molecule has 0 heterocycles. The second kappa shape index (κ2) is 7.34. The molecule has 1 fully saturated rings. The maximum Gasteiger partial charge on any atom is 0.00800 e. The predicted molar refractivity (Wildman–Crippen MR) is 71.6 cm³/mol. The number of allylic oxidation sites excluding steroid dienone is 1. The molecule has 1 aliphatic carbocycles. The van der Waals surface area contributed by atoms with Gasteiger partial charge in [0.2, 0.25) is 0 Å². The molecule has 1 saturated carbocycles. The SMILES string of the molecule is C=CCCC(C)NC1CCCC(SC)C1. The summed E-state index contributed by atoms with van der Waals surface area (Å²) >= 11 is 2.04. The largest absolute Gasteiger partial charge is 0.311 e. The molecule has 0 aromatic heterocycles. The Morgan fingerprint density at radius 2 is 2.33 bits per heavy atom. The molecular formula is C13H25NS. The van der Waals surface area contributed by atoms with Crippen LogP contribution in [0.15, 0.2) is 12.7 Å². The van der Waals surface area contributed by atoms with E-state index in [1.807, 2.05) is 17.8 Å². The van der Waals surface area contributed by atoms with Crippen LogP contribution in [0.5, 0.6) is 0 Å². The van der Waals surface area contributed by atoms with Crippen LogP contribution < -0.4 is 5.32 Å². The van der Waals surface area contributed by atoms with E-state index in [0.717, 1.165) is 17.7 Å². The average Bonchev–Trinajstić information content (AvgIpc) is 2.26. The van der Waals surface area contributed by atoms with Crippen LogP contribution in [0.2, 0.25) is 0 Å². The lowest BCUT2D eigenvalue weighted by atomic mass is 9.94. The van der Waals surface area contributed by atoms with Gasteiger partial charge in [0.15, 0.2) is 0 Å².